The first-order valence-electron chi connectivity index (χ1n) is 6.80. The van der Waals surface area contributed by atoms with Crippen molar-refractivity contribution in [2.75, 3.05) is 18.8 Å². The largest absolute Gasteiger partial charge is 0.349 e. The molecule has 0 unspecified atom stereocenters. The van der Waals surface area contributed by atoms with Crippen molar-refractivity contribution >= 4 is 29.0 Å². The fraction of sp³-hybridized carbons (Fsp3) is 0.692. The van der Waals surface area contributed by atoms with Crippen LogP contribution in [0.2, 0.25) is 0 Å². The van der Waals surface area contributed by atoms with E-state index in [4.69, 9.17) is 0 Å². The average Bonchev–Trinajstić information content (AvgIpc) is 2.92. The fourth-order valence-electron chi connectivity index (χ4n) is 1.97. The van der Waals surface area contributed by atoms with E-state index in [9.17, 15) is 4.79 Å². The van der Waals surface area contributed by atoms with Gasteiger partial charge in [0.15, 0.2) is 0 Å². The number of carbonyl (C=O) groups excluding carboxylic acids is 1. The molecule has 6 heteroatoms. The van der Waals surface area contributed by atoms with Crippen molar-refractivity contribution in [1.82, 2.24) is 15.6 Å². The predicted octanol–water partition coefficient (Wildman–Crippen LogP) is 1.81. The number of aryl methyl sites for hydroxylation is 1. The third-order valence-electron chi connectivity index (χ3n) is 3.12. The topological polar surface area (TPSA) is 54.0 Å². The molecule has 1 fully saturated rings. The lowest BCUT2D eigenvalue weighted by atomic mass is 10.2. The minimum Gasteiger partial charge on any atom is -0.349 e. The van der Waals surface area contributed by atoms with Gasteiger partial charge in [-0.1, -0.05) is 6.92 Å². The van der Waals surface area contributed by atoms with Crippen molar-refractivity contribution in [3.63, 3.8) is 0 Å². The second-order valence-electron chi connectivity index (χ2n) is 4.61. The number of hydrogen-bond donors (Lipinski definition) is 2. The number of rotatable bonds is 6. The van der Waals surface area contributed by atoms with Gasteiger partial charge in [0.2, 0.25) is 5.91 Å². The van der Waals surface area contributed by atoms with E-state index in [1.54, 1.807) is 23.1 Å². The van der Waals surface area contributed by atoms with E-state index in [2.05, 4.69) is 22.5 Å². The molecule has 0 aliphatic carbocycles. The monoisotopic (exact) mass is 299 g/mol. The number of piperidine rings is 1. The zero-order valence-electron chi connectivity index (χ0n) is 11.3. The lowest BCUT2D eigenvalue weighted by Gasteiger charge is -2.21. The molecule has 19 heavy (non-hydrogen) atoms. The maximum absolute atomic E-state index is 11.8. The first kappa shape index (κ1) is 14.8. The third-order valence-corrected chi connectivity index (χ3v) is 5.64. The van der Waals surface area contributed by atoms with Crippen LogP contribution in [0.3, 0.4) is 0 Å². The summed E-state index contributed by atoms with van der Waals surface area (Å²) in [4.78, 5) is 17.3. The Hall–Kier alpha value is -0.590. The molecule has 0 atom stereocenters. The molecule has 1 aromatic heterocycles. The summed E-state index contributed by atoms with van der Waals surface area (Å²) in [5, 5.41) is 7.92. The second-order valence-corrected chi connectivity index (χ2v) is 7.10. The highest BCUT2D eigenvalue weighted by Crippen LogP contribution is 2.19. The molecule has 0 bridgehead atoms. The summed E-state index contributed by atoms with van der Waals surface area (Å²) in [6.45, 7) is 4.85. The summed E-state index contributed by atoms with van der Waals surface area (Å²) in [6.07, 6.45) is 5.25. The summed E-state index contributed by atoms with van der Waals surface area (Å²) in [5.74, 6) is 0.688. The van der Waals surface area contributed by atoms with E-state index in [0.717, 1.165) is 24.5 Å². The molecule has 0 saturated carbocycles. The smallest absolute Gasteiger partial charge is 0.230 e. The van der Waals surface area contributed by atoms with Gasteiger partial charge in [-0.15, -0.1) is 23.1 Å². The lowest BCUT2D eigenvalue weighted by Crippen LogP contribution is -2.31. The zero-order chi connectivity index (χ0) is 13.5. The van der Waals surface area contributed by atoms with Gasteiger partial charge in [-0.25, -0.2) is 4.98 Å². The van der Waals surface area contributed by atoms with Gasteiger partial charge in [0.05, 0.1) is 12.3 Å². The number of thiazole rings is 1. The third kappa shape index (κ3) is 5.12. The van der Waals surface area contributed by atoms with Crippen LogP contribution >= 0.6 is 23.1 Å². The van der Waals surface area contributed by atoms with Gasteiger partial charge in [-0.05, 0) is 32.4 Å². The van der Waals surface area contributed by atoms with Gasteiger partial charge >= 0.3 is 0 Å². The second kappa shape index (κ2) is 7.87. The van der Waals surface area contributed by atoms with Crippen LogP contribution in [-0.4, -0.2) is 35.0 Å². The van der Waals surface area contributed by atoms with Crippen molar-refractivity contribution in [1.29, 1.82) is 0 Å². The Bertz CT molecular complexity index is 402. The zero-order valence-corrected chi connectivity index (χ0v) is 12.9. The number of nitrogens with one attached hydrogen (secondary N) is 2. The van der Waals surface area contributed by atoms with Crippen molar-refractivity contribution in [3.8, 4) is 0 Å². The van der Waals surface area contributed by atoms with Crippen molar-refractivity contribution < 1.29 is 4.79 Å². The Kier molecular flexibility index (Phi) is 6.13. The Morgan fingerprint density at radius 3 is 3.05 bits per heavy atom. The molecular formula is C13H21N3OS2. The highest BCUT2D eigenvalue weighted by Gasteiger charge is 2.14. The van der Waals surface area contributed by atoms with Crippen LogP contribution in [0, 0.1) is 0 Å². The van der Waals surface area contributed by atoms with Crippen LogP contribution in [0.25, 0.3) is 0 Å². The summed E-state index contributed by atoms with van der Waals surface area (Å²) < 4.78 is 0. The molecular weight excluding hydrogens is 278 g/mol. The Labute approximate surface area is 122 Å². The van der Waals surface area contributed by atoms with E-state index in [1.807, 2.05) is 6.20 Å². The van der Waals surface area contributed by atoms with E-state index in [1.165, 1.54) is 17.7 Å². The minimum absolute atomic E-state index is 0.122. The summed E-state index contributed by atoms with van der Waals surface area (Å²) in [6, 6.07) is 0. The van der Waals surface area contributed by atoms with Gasteiger partial charge in [-0.2, -0.15) is 0 Å². The van der Waals surface area contributed by atoms with E-state index in [0.29, 0.717) is 17.5 Å². The SMILES string of the molecule is CCc1cnc(CNC(=O)CSC2CCNCC2)s1. The van der Waals surface area contributed by atoms with Crippen LogP contribution in [0.4, 0.5) is 0 Å². The van der Waals surface area contributed by atoms with Crippen LogP contribution in [-0.2, 0) is 17.8 Å². The predicted molar refractivity (Wildman–Crippen MR) is 81.7 cm³/mol. The van der Waals surface area contributed by atoms with Crippen LogP contribution in [0.15, 0.2) is 6.20 Å². The first-order chi connectivity index (χ1) is 9.28. The van der Waals surface area contributed by atoms with Crippen molar-refractivity contribution in [2.24, 2.45) is 0 Å². The molecule has 1 aromatic rings. The Morgan fingerprint density at radius 2 is 2.37 bits per heavy atom. The van der Waals surface area contributed by atoms with E-state index >= 15 is 0 Å². The normalized spacial score (nSPS) is 16.5. The molecule has 2 rings (SSSR count). The molecule has 1 saturated heterocycles. The molecule has 106 valence electrons. The summed E-state index contributed by atoms with van der Waals surface area (Å²) >= 11 is 3.46. The average molecular weight is 299 g/mol. The first-order valence-corrected chi connectivity index (χ1v) is 8.67. The van der Waals surface area contributed by atoms with Crippen LogP contribution in [0.5, 0.6) is 0 Å². The fourth-order valence-corrected chi connectivity index (χ4v) is 3.83. The van der Waals surface area contributed by atoms with Crippen LogP contribution < -0.4 is 10.6 Å². The number of amides is 1. The molecule has 0 aromatic carbocycles. The molecule has 2 heterocycles. The number of thioether (sulfide) groups is 1. The van der Waals surface area contributed by atoms with Crippen molar-refractivity contribution in [2.45, 2.75) is 38.0 Å². The quantitative estimate of drug-likeness (QED) is 0.841. The van der Waals surface area contributed by atoms with Gasteiger partial charge in [0.1, 0.15) is 5.01 Å². The lowest BCUT2D eigenvalue weighted by molar-refractivity contribution is -0.118. The molecule has 1 aliphatic rings. The van der Waals surface area contributed by atoms with Crippen LogP contribution in [0.1, 0.15) is 29.7 Å². The van der Waals surface area contributed by atoms with Gasteiger partial charge in [0, 0.05) is 16.3 Å². The molecule has 0 spiro atoms. The van der Waals surface area contributed by atoms with Gasteiger partial charge in [0.25, 0.3) is 0 Å². The maximum atomic E-state index is 11.8. The maximum Gasteiger partial charge on any atom is 0.230 e. The summed E-state index contributed by atoms with van der Waals surface area (Å²) in [5.41, 5.74) is 0. The Balaban J connectivity index is 1.63. The molecule has 1 aliphatic heterocycles. The standard InChI is InChI=1S/C13H21N3OS2/c1-2-10-7-16-13(19-10)8-15-12(17)9-18-11-3-5-14-6-4-11/h7,11,14H,2-6,8-9H2,1H3,(H,15,17). The molecule has 1 amide bonds. The van der Waals surface area contributed by atoms with E-state index in [-0.39, 0.29) is 5.91 Å². The molecule has 0 radical (unpaired) electrons. The number of hydrogen-bond acceptors (Lipinski definition) is 5. The molecule has 2 N–H and O–H groups in total. The number of carbonyl (C=O) groups is 1. The Morgan fingerprint density at radius 1 is 1.58 bits per heavy atom. The number of nitrogens with zero attached hydrogens (tertiary/aromatic N) is 1. The highest BCUT2D eigenvalue weighted by atomic mass is 32.2. The van der Waals surface area contributed by atoms with Crippen molar-refractivity contribution in [3.05, 3.63) is 16.1 Å². The highest BCUT2D eigenvalue weighted by molar-refractivity contribution is 8.00. The van der Waals surface area contributed by atoms with Gasteiger partial charge in [-0.3, -0.25) is 4.79 Å². The van der Waals surface area contributed by atoms with Gasteiger partial charge < -0.3 is 10.6 Å². The minimum atomic E-state index is 0.122. The number of aromatic nitrogens is 1. The summed E-state index contributed by atoms with van der Waals surface area (Å²) in [7, 11) is 0. The molecule has 4 nitrogen and oxygen atoms in total. The van der Waals surface area contributed by atoms with E-state index < -0.39 is 0 Å².